The van der Waals surface area contributed by atoms with Gasteiger partial charge in [0, 0.05) is 12.6 Å². The highest BCUT2D eigenvalue weighted by atomic mass is 35.5. The van der Waals surface area contributed by atoms with Gasteiger partial charge in [0.05, 0.1) is 22.3 Å². The van der Waals surface area contributed by atoms with Crippen LogP contribution in [0.25, 0.3) is 5.52 Å². The zero-order chi connectivity index (χ0) is 15.0. The van der Waals surface area contributed by atoms with E-state index in [1.165, 1.54) is 12.1 Å². The number of fused-ring (bicyclic) bond motifs is 1. The molecule has 0 bridgehead atoms. The predicted molar refractivity (Wildman–Crippen MR) is 74.5 cm³/mol. The van der Waals surface area contributed by atoms with Crippen LogP contribution in [-0.2, 0) is 12.6 Å². The third kappa shape index (κ3) is 2.74. The van der Waals surface area contributed by atoms with Gasteiger partial charge in [0.2, 0.25) is 0 Å². The Hall–Kier alpha value is -2.01. The van der Waals surface area contributed by atoms with Crippen LogP contribution in [0.15, 0.2) is 48.8 Å². The first-order valence-electron chi connectivity index (χ1n) is 6.22. The lowest BCUT2D eigenvalue weighted by atomic mass is 10.1. The van der Waals surface area contributed by atoms with Crippen LogP contribution in [0.1, 0.15) is 17.0 Å². The smallest absolute Gasteiger partial charge is 0.302 e. The number of rotatable bonds is 2. The summed E-state index contributed by atoms with van der Waals surface area (Å²) in [6.45, 7) is 0. The number of imidazole rings is 1. The summed E-state index contributed by atoms with van der Waals surface area (Å²) in [5.41, 5.74) is 0.888. The largest absolute Gasteiger partial charge is 0.416 e. The molecule has 0 saturated carbocycles. The molecule has 21 heavy (non-hydrogen) atoms. The van der Waals surface area contributed by atoms with Crippen molar-refractivity contribution in [3.8, 4) is 0 Å². The second-order valence-corrected chi connectivity index (χ2v) is 5.06. The third-order valence-electron chi connectivity index (χ3n) is 3.24. The van der Waals surface area contributed by atoms with Gasteiger partial charge in [-0.1, -0.05) is 23.7 Å². The standard InChI is InChI=1S/C15H10ClF3N2/c16-12-2-1-7-21-13(12)9-20-14(21)8-10-3-5-11(6-4-10)15(17,18)19/h1-7,9H,8H2. The van der Waals surface area contributed by atoms with Crippen LogP contribution in [0.4, 0.5) is 13.2 Å². The van der Waals surface area contributed by atoms with E-state index in [0.717, 1.165) is 29.0 Å². The number of nitrogens with zero attached hydrogens (tertiary/aromatic N) is 2. The number of alkyl halides is 3. The van der Waals surface area contributed by atoms with Gasteiger partial charge in [-0.15, -0.1) is 0 Å². The van der Waals surface area contributed by atoms with Crippen LogP contribution in [0.3, 0.4) is 0 Å². The lowest BCUT2D eigenvalue weighted by Crippen LogP contribution is -2.05. The molecule has 3 rings (SSSR count). The molecule has 1 aromatic carbocycles. The average molecular weight is 311 g/mol. The Kier molecular flexibility index (Phi) is 3.37. The minimum Gasteiger partial charge on any atom is -0.302 e. The minimum absolute atomic E-state index is 0.437. The van der Waals surface area contributed by atoms with Crippen molar-refractivity contribution in [2.24, 2.45) is 0 Å². The fourth-order valence-corrected chi connectivity index (χ4v) is 2.38. The molecule has 3 aromatic rings. The summed E-state index contributed by atoms with van der Waals surface area (Å²) in [4.78, 5) is 4.28. The second-order valence-electron chi connectivity index (χ2n) is 4.66. The molecule has 108 valence electrons. The van der Waals surface area contributed by atoms with Crippen LogP contribution < -0.4 is 0 Å². The topological polar surface area (TPSA) is 17.3 Å². The molecule has 0 amide bonds. The van der Waals surface area contributed by atoms with Gasteiger partial charge >= 0.3 is 6.18 Å². The Morgan fingerprint density at radius 2 is 1.81 bits per heavy atom. The van der Waals surface area contributed by atoms with E-state index in [1.54, 1.807) is 18.3 Å². The van der Waals surface area contributed by atoms with Crippen molar-refractivity contribution in [2.45, 2.75) is 12.6 Å². The van der Waals surface area contributed by atoms with Crippen molar-refractivity contribution in [1.82, 2.24) is 9.38 Å². The number of pyridine rings is 1. The summed E-state index contributed by atoms with van der Waals surface area (Å²) in [6, 6.07) is 8.66. The lowest BCUT2D eigenvalue weighted by Gasteiger charge is -2.07. The van der Waals surface area contributed by atoms with Gasteiger partial charge in [-0.25, -0.2) is 4.98 Å². The van der Waals surface area contributed by atoms with E-state index in [1.807, 2.05) is 10.6 Å². The fourth-order valence-electron chi connectivity index (χ4n) is 2.17. The lowest BCUT2D eigenvalue weighted by molar-refractivity contribution is -0.137. The molecule has 0 radical (unpaired) electrons. The van der Waals surface area contributed by atoms with Crippen LogP contribution >= 0.6 is 11.6 Å². The van der Waals surface area contributed by atoms with Crippen LogP contribution in [0.5, 0.6) is 0 Å². The molecule has 0 unspecified atom stereocenters. The zero-order valence-electron chi connectivity index (χ0n) is 10.7. The number of halogens is 4. The van der Waals surface area contributed by atoms with Gasteiger partial charge < -0.3 is 4.40 Å². The van der Waals surface area contributed by atoms with E-state index in [2.05, 4.69) is 4.98 Å². The maximum Gasteiger partial charge on any atom is 0.416 e. The van der Waals surface area contributed by atoms with Gasteiger partial charge in [0.15, 0.2) is 0 Å². The first-order chi connectivity index (χ1) is 9.95. The molecular weight excluding hydrogens is 301 g/mol. The molecule has 0 spiro atoms. The summed E-state index contributed by atoms with van der Waals surface area (Å²) in [5.74, 6) is 0.729. The van der Waals surface area contributed by atoms with Crippen molar-refractivity contribution in [3.63, 3.8) is 0 Å². The van der Waals surface area contributed by atoms with Crippen molar-refractivity contribution < 1.29 is 13.2 Å². The van der Waals surface area contributed by atoms with Crippen LogP contribution in [0.2, 0.25) is 5.02 Å². The molecular formula is C15H10ClF3N2. The number of hydrogen-bond acceptors (Lipinski definition) is 1. The average Bonchev–Trinajstić information content (AvgIpc) is 2.83. The molecule has 0 N–H and O–H groups in total. The second kappa shape index (κ2) is 5.07. The Morgan fingerprint density at radius 3 is 2.48 bits per heavy atom. The molecule has 0 atom stereocenters. The first kappa shape index (κ1) is 13.9. The van der Waals surface area contributed by atoms with Crippen LogP contribution in [0, 0.1) is 0 Å². The summed E-state index contributed by atoms with van der Waals surface area (Å²) in [7, 11) is 0. The molecule has 0 aliphatic heterocycles. The van der Waals surface area contributed by atoms with E-state index in [4.69, 9.17) is 11.6 Å². The molecule has 6 heteroatoms. The van der Waals surface area contributed by atoms with Gasteiger partial charge in [-0.05, 0) is 29.8 Å². The van der Waals surface area contributed by atoms with E-state index in [9.17, 15) is 13.2 Å². The third-order valence-corrected chi connectivity index (χ3v) is 3.56. The van der Waals surface area contributed by atoms with Crippen molar-refractivity contribution >= 4 is 17.1 Å². The van der Waals surface area contributed by atoms with Gasteiger partial charge in [0.25, 0.3) is 0 Å². The quantitative estimate of drug-likeness (QED) is 0.676. The van der Waals surface area contributed by atoms with E-state index in [0.29, 0.717) is 11.4 Å². The number of hydrogen-bond donors (Lipinski definition) is 0. The maximum absolute atomic E-state index is 12.5. The Morgan fingerprint density at radius 1 is 1.10 bits per heavy atom. The summed E-state index contributed by atoms with van der Waals surface area (Å²) >= 11 is 6.06. The molecule has 2 aromatic heterocycles. The molecule has 0 fully saturated rings. The fraction of sp³-hybridized carbons (Fsp3) is 0.133. The van der Waals surface area contributed by atoms with Crippen molar-refractivity contribution in [2.75, 3.05) is 0 Å². The van der Waals surface area contributed by atoms with Crippen molar-refractivity contribution in [1.29, 1.82) is 0 Å². The normalized spacial score (nSPS) is 12.0. The zero-order valence-corrected chi connectivity index (χ0v) is 11.5. The highest BCUT2D eigenvalue weighted by molar-refractivity contribution is 6.33. The van der Waals surface area contributed by atoms with E-state index >= 15 is 0 Å². The van der Waals surface area contributed by atoms with Crippen molar-refractivity contribution in [3.05, 3.63) is 70.8 Å². The Labute approximate surface area is 123 Å². The van der Waals surface area contributed by atoms with Gasteiger partial charge in [-0.2, -0.15) is 13.2 Å². The SMILES string of the molecule is FC(F)(F)c1ccc(Cc2ncc3c(Cl)cccn23)cc1. The predicted octanol–water partition coefficient (Wildman–Crippen LogP) is 4.60. The van der Waals surface area contributed by atoms with Crippen LogP contribution in [-0.4, -0.2) is 9.38 Å². The monoisotopic (exact) mass is 310 g/mol. The summed E-state index contributed by atoms with van der Waals surface area (Å²) < 4.78 is 39.4. The molecule has 0 aliphatic carbocycles. The van der Waals surface area contributed by atoms with E-state index < -0.39 is 11.7 Å². The highest BCUT2D eigenvalue weighted by Crippen LogP contribution is 2.29. The Bertz CT molecular complexity index is 776. The van der Waals surface area contributed by atoms with Gasteiger partial charge in [-0.3, -0.25) is 0 Å². The number of aromatic nitrogens is 2. The Balaban J connectivity index is 1.90. The molecule has 0 aliphatic rings. The number of benzene rings is 1. The maximum atomic E-state index is 12.5. The first-order valence-corrected chi connectivity index (χ1v) is 6.59. The minimum atomic E-state index is -4.31. The molecule has 2 heterocycles. The highest BCUT2D eigenvalue weighted by Gasteiger charge is 2.29. The summed E-state index contributed by atoms with van der Waals surface area (Å²) in [6.07, 6.45) is -0.395. The van der Waals surface area contributed by atoms with E-state index in [-0.39, 0.29) is 0 Å². The van der Waals surface area contributed by atoms with Gasteiger partial charge in [0.1, 0.15) is 5.82 Å². The molecule has 2 nitrogen and oxygen atoms in total. The summed E-state index contributed by atoms with van der Waals surface area (Å²) in [5, 5.41) is 0.587. The molecule has 0 saturated heterocycles.